The predicted molar refractivity (Wildman–Crippen MR) is 140 cm³/mol. The zero-order valence-electron chi connectivity index (χ0n) is 22.4. The first-order chi connectivity index (χ1) is 17.2. The Hall–Kier alpha value is -0.230. The van der Waals surface area contributed by atoms with Gasteiger partial charge in [0.2, 0.25) is 0 Å². The molecule has 4 nitrogen and oxygen atoms in total. The molecule has 2 N–H and O–H groups in total. The summed E-state index contributed by atoms with van der Waals surface area (Å²) >= 11 is 0. The van der Waals surface area contributed by atoms with E-state index in [-0.39, 0.29) is 5.92 Å². The van der Waals surface area contributed by atoms with Crippen molar-refractivity contribution in [2.75, 3.05) is 26.4 Å². The Balaban J connectivity index is 1.25. The SMILES string of the molecule is OCCCCCCOC1CCC(C2CCC(C3CCC(OCCCCCCO)CC3)C(F)C2)CC1. The van der Waals surface area contributed by atoms with Crippen LogP contribution in [0.5, 0.6) is 0 Å². The van der Waals surface area contributed by atoms with E-state index in [4.69, 9.17) is 19.7 Å². The minimum atomic E-state index is -0.601. The van der Waals surface area contributed by atoms with Gasteiger partial charge < -0.3 is 19.7 Å². The van der Waals surface area contributed by atoms with Gasteiger partial charge in [-0.25, -0.2) is 4.39 Å². The maximum Gasteiger partial charge on any atom is 0.103 e. The summed E-state index contributed by atoms with van der Waals surface area (Å²) in [6.07, 6.45) is 21.1. The third kappa shape index (κ3) is 10.6. The number of hydrogen-bond acceptors (Lipinski definition) is 4. The van der Waals surface area contributed by atoms with E-state index >= 15 is 4.39 Å². The van der Waals surface area contributed by atoms with Crippen LogP contribution in [0, 0.1) is 23.7 Å². The Morgan fingerprint density at radius 3 is 1.46 bits per heavy atom. The number of halogens is 1. The molecule has 3 aliphatic carbocycles. The third-order valence-electron chi connectivity index (χ3n) is 9.39. The smallest absolute Gasteiger partial charge is 0.103 e. The lowest BCUT2D eigenvalue weighted by molar-refractivity contribution is -0.0203. The first kappa shape index (κ1) is 29.3. The molecule has 0 heterocycles. The highest BCUT2D eigenvalue weighted by atomic mass is 19.1. The molecule has 0 amide bonds. The van der Waals surface area contributed by atoms with Gasteiger partial charge in [0, 0.05) is 26.4 Å². The zero-order chi connectivity index (χ0) is 24.7. The van der Waals surface area contributed by atoms with Gasteiger partial charge in [-0.1, -0.05) is 25.7 Å². The summed E-state index contributed by atoms with van der Waals surface area (Å²) in [4.78, 5) is 0. The molecule has 0 bridgehead atoms. The fraction of sp³-hybridized carbons (Fsp3) is 1.00. The molecule has 35 heavy (non-hydrogen) atoms. The van der Waals surface area contributed by atoms with Crippen molar-refractivity contribution in [1.82, 2.24) is 0 Å². The highest BCUT2D eigenvalue weighted by molar-refractivity contribution is 4.90. The number of alkyl halides is 1. The van der Waals surface area contributed by atoms with Gasteiger partial charge >= 0.3 is 0 Å². The van der Waals surface area contributed by atoms with Crippen molar-refractivity contribution < 1.29 is 24.1 Å². The Morgan fingerprint density at radius 1 is 0.514 bits per heavy atom. The van der Waals surface area contributed by atoms with E-state index in [0.29, 0.717) is 43.2 Å². The average Bonchev–Trinajstić information content (AvgIpc) is 2.89. The molecule has 0 saturated heterocycles. The van der Waals surface area contributed by atoms with Crippen molar-refractivity contribution in [3.8, 4) is 0 Å². The third-order valence-corrected chi connectivity index (χ3v) is 9.39. The molecular weight excluding hydrogens is 443 g/mol. The molecule has 0 aromatic rings. The molecule has 0 radical (unpaired) electrons. The zero-order valence-corrected chi connectivity index (χ0v) is 22.4. The van der Waals surface area contributed by atoms with E-state index in [1.807, 2.05) is 0 Å². The Bertz CT molecular complexity index is 516. The largest absolute Gasteiger partial charge is 0.396 e. The minimum Gasteiger partial charge on any atom is -0.396 e. The number of rotatable bonds is 16. The van der Waals surface area contributed by atoms with E-state index in [1.54, 1.807) is 0 Å². The van der Waals surface area contributed by atoms with Crippen LogP contribution >= 0.6 is 0 Å². The van der Waals surface area contributed by atoms with Gasteiger partial charge in [0.1, 0.15) is 6.17 Å². The van der Waals surface area contributed by atoms with Gasteiger partial charge in [-0.15, -0.1) is 0 Å². The van der Waals surface area contributed by atoms with Crippen LogP contribution in [0.4, 0.5) is 4.39 Å². The highest BCUT2D eigenvalue weighted by Gasteiger charge is 2.40. The Kier molecular flexibility index (Phi) is 14.5. The van der Waals surface area contributed by atoms with Crippen molar-refractivity contribution >= 4 is 0 Å². The topological polar surface area (TPSA) is 58.9 Å². The fourth-order valence-corrected chi connectivity index (χ4v) is 7.17. The van der Waals surface area contributed by atoms with E-state index < -0.39 is 6.17 Å². The summed E-state index contributed by atoms with van der Waals surface area (Å²) in [5.74, 6) is 2.15. The summed E-state index contributed by atoms with van der Waals surface area (Å²) in [7, 11) is 0. The molecule has 3 fully saturated rings. The molecule has 0 spiro atoms. The van der Waals surface area contributed by atoms with Crippen LogP contribution in [0.25, 0.3) is 0 Å². The number of aliphatic hydroxyl groups is 2. The maximum absolute atomic E-state index is 15.4. The lowest BCUT2D eigenvalue weighted by atomic mass is 9.65. The van der Waals surface area contributed by atoms with Crippen LogP contribution in [0.3, 0.4) is 0 Å². The lowest BCUT2D eigenvalue weighted by Crippen LogP contribution is -2.37. The Labute approximate surface area is 214 Å². The maximum atomic E-state index is 15.4. The molecule has 3 rings (SSSR count). The van der Waals surface area contributed by atoms with E-state index in [0.717, 1.165) is 116 Å². The van der Waals surface area contributed by atoms with Crippen molar-refractivity contribution in [2.24, 2.45) is 23.7 Å². The molecular formula is C30H55FO4. The summed E-state index contributed by atoms with van der Waals surface area (Å²) in [6.45, 7) is 2.30. The number of unbranched alkanes of at least 4 members (excludes halogenated alkanes) is 6. The van der Waals surface area contributed by atoms with Crippen LogP contribution < -0.4 is 0 Å². The van der Waals surface area contributed by atoms with Crippen LogP contribution in [-0.2, 0) is 9.47 Å². The molecule has 206 valence electrons. The predicted octanol–water partition coefficient (Wildman–Crippen LogP) is 7.00. The van der Waals surface area contributed by atoms with E-state index in [9.17, 15) is 0 Å². The fourth-order valence-electron chi connectivity index (χ4n) is 7.17. The van der Waals surface area contributed by atoms with Gasteiger partial charge in [-0.2, -0.15) is 0 Å². The summed E-state index contributed by atoms with van der Waals surface area (Å²) in [5.41, 5.74) is 0. The van der Waals surface area contributed by atoms with E-state index in [1.165, 1.54) is 19.3 Å². The molecule has 3 atom stereocenters. The van der Waals surface area contributed by atoms with Gasteiger partial charge in [-0.05, 0) is 120 Å². The van der Waals surface area contributed by atoms with Gasteiger partial charge in [0.05, 0.1) is 12.2 Å². The quantitative estimate of drug-likeness (QED) is 0.225. The normalized spacial score (nSPS) is 34.2. The van der Waals surface area contributed by atoms with Crippen molar-refractivity contribution in [2.45, 2.75) is 140 Å². The van der Waals surface area contributed by atoms with Crippen LogP contribution in [-0.4, -0.2) is 55.0 Å². The first-order valence-electron chi connectivity index (χ1n) is 15.3. The van der Waals surface area contributed by atoms with Crippen molar-refractivity contribution in [3.63, 3.8) is 0 Å². The average molecular weight is 499 g/mol. The lowest BCUT2D eigenvalue weighted by Gasteiger charge is -2.43. The second-order valence-corrected chi connectivity index (χ2v) is 11.8. The number of aliphatic hydroxyl groups excluding tert-OH is 2. The monoisotopic (exact) mass is 498 g/mol. The van der Waals surface area contributed by atoms with Crippen LogP contribution in [0.15, 0.2) is 0 Å². The molecule has 0 aromatic heterocycles. The molecule has 5 heteroatoms. The molecule has 3 unspecified atom stereocenters. The standard InChI is InChI=1S/C30H55FO4/c31-30-23-26(24-9-14-27(15-10-24)34-21-7-3-1-5-19-32)13-18-29(30)25-11-16-28(17-12-25)35-22-8-4-2-6-20-33/h24-30,32-33H,1-23H2. The minimum absolute atomic E-state index is 0.288. The number of hydrogen-bond donors (Lipinski definition) is 2. The van der Waals surface area contributed by atoms with Crippen LogP contribution in [0.2, 0.25) is 0 Å². The molecule has 3 aliphatic rings. The number of ether oxygens (including phenoxy) is 2. The van der Waals surface area contributed by atoms with Gasteiger partial charge in [0.15, 0.2) is 0 Å². The Morgan fingerprint density at radius 2 is 0.971 bits per heavy atom. The summed E-state index contributed by atoms with van der Waals surface area (Å²) in [6, 6.07) is 0. The second-order valence-electron chi connectivity index (χ2n) is 11.8. The second kappa shape index (κ2) is 17.3. The highest BCUT2D eigenvalue weighted by Crippen LogP contribution is 2.46. The summed E-state index contributed by atoms with van der Waals surface area (Å²) in [5, 5.41) is 17.7. The molecule has 0 aliphatic heterocycles. The first-order valence-corrected chi connectivity index (χ1v) is 15.3. The van der Waals surface area contributed by atoms with Crippen LogP contribution in [0.1, 0.15) is 122 Å². The van der Waals surface area contributed by atoms with Gasteiger partial charge in [-0.3, -0.25) is 0 Å². The van der Waals surface area contributed by atoms with Crippen molar-refractivity contribution in [3.05, 3.63) is 0 Å². The summed E-state index contributed by atoms with van der Waals surface area (Å²) < 4.78 is 27.6. The van der Waals surface area contributed by atoms with Gasteiger partial charge in [0.25, 0.3) is 0 Å². The van der Waals surface area contributed by atoms with Crippen molar-refractivity contribution in [1.29, 1.82) is 0 Å². The molecule has 3 saturated carbocycles. The van der Waals surface area contributed by atoms with E-state index in [2.05, 4.69) is 0 Å². The molecule has 0 aromatic carbocycles.